The van der Waals surface area contributed by atoms with Crippen LogP contribution in [-0.4, -0.2) is 38.0 Å². The van der Waals surface area contributed by atoms with E-state index in [1.807, 2.05) is 43.7 Å². The van der Waals surface area contributed by atoms with Crippen LogP contribution in [0.25, 0.3) is 5.69 Å². The van der Waals surface area contributed by atoms with Crippen LogP contribution in [0.2, 0.25) is 0 Å². The number of nitrogens with zero attached hydrogens (tertiary/aromatic N) is 4. The number of carbonyl (C=O) groups excluding carboxylic acids is 2. The number of hydrogen-bond acceptors (Lipinski definition) is 5. The zero-order valence-corrected chi connectivity index (χ0v) is 20.4. The van der Waals surface area contributed by atoms with Crippen LogP contribution in [0.5, 0.6) is 0 Å². The Bertz CT molecular complexity index is 1340. The minimum absolute atomic E-state index is 0.171. The Morgan fingerprint density at radius 1 is 0.971 bits per heavy atom. The van der Waals surface area contributed by atoms with Gasteiger partial charge < -0.3 is 10.1 Å². The van der Waals surface area contributed by atoms with Crippen LogP contribution in [0.15, 0.2) is 60.8 Å². The molecule has 2 aromatic heterocycles. The first-order valence-corrected chi connectivity index (χ1v) is 11.6. The summed E-state index contributed by atoms with van der Waals surface area (Å²) in [4.78, 5) is 24.8. The average molecular weight is 472 g/mol. The molecule has 2 heterocycles. The number of benzene rings is 2. The lowest BCUT2D eigenvalue weighted by atomic mass is 10.1. The first-order chi connectivity index (χ1) is 16.9. The molecule has 2 aromatic carbocycles. The van der Waals surface area contributed by atoms with Gasteiger partial charge in [0.1, 0.15) is 5.56 Å². The molecule has 35 heavy (non-hydrogen) atoms. The summed E-state index contributed by atoms with van der Waals surface area (Å²) < 4.78 is 8.69. The molecule has 0 unspecified atom stereocenters. The predicted octanol–water partition coefficient (Wildman–Crippen LogP) is 4.15. The third kappa shape index (κ3) is 5.16. The highest BCUT2D eigenvalue weighted by Crippen LogP contribution is 2.17. The van der Waals surface area contributed by atoms with Crippen molar-refractivity contribution in [3.8, 4) is 5.69 Å². The van der Waals surface area contributed by atoms with Gasteiger partial charge in [-0.05, 0) is 57.5 Å². The topological polar surface area (TPSA) is 91.0 Å². The maximum Gasteiger partial charge on any atom is 0.341 e. The zero-order chi connectivity index (χ0) is 24.9. The normalized spacial score (nSPS) is 10.9. The molecule has 0 aliphatic heterocycles. The van der Waals surface area contributed by atoms with E-state index in [4.69, 9.17) is 4.74 Å². The third-order valence-corrected chi connectivity index (χ3v) is 6.01. The summed E-state index contributed by atoms with van der Waals surface area (Å²) in [6.45, 7) is 8.95. The van der Waals surface area contributed by atoms with E-state index in [1.54, 1.807) is 35.9 Å². The lowest BCUT2D eigenvalue weighted by Crippen LogP contribution is -2.23. The molecule has 0 atom stereocenters. The van der Waals surface area contributed by atoms with Gasteiger partial charge in [-0.15, -0.1) is 0 Å². The highest BCUT2D eigenvalue weighted by Gasteiger charge is 2.17. The molecule has 0 aliphatic carbocycles. The Hall–Kier alpha value is -4.20. The maximum atomic E-state index is 12.8. The van der Waals surface area contributed by atoms with Gasteiger partial charge in [-0.25, -0.2) is 9.48 Å². The minimum atomic E-state index is -0.398. The molecule has 1 N–H and O–H groups in total. The fourth-order valence-corrected chi connectivity index (χ4v) is 4.00. The molecule has 8 heteroatoms. The van der Waals surface area contributed by atoms with Gasteiger partial charge in [0.25, 0.3) is 5.91 Å². The Morgan fingerprint density at radius 3 is 2.37 bits per heavy atom. The second-order valence-corrected chi connectivity index (χ2v) is 8.30. The first kappa shape index (κ1) is 23.9. The molecule has 0 radical (unpaired) electrons. The molecule has 180 valence electrons. The largest absolute Gasteiger partial charge is 0.462 e. The van der Waals surface area contributed by atoms with Crippen molar-refractivity contribution in [1.29, 1.82) is 0 Å². The first-order valence-electron chi connectivity index (χ1n) is 11.6. The monoisotopic (exact) mass is 471 g/mol. The van der Waals surface area contributed by atoms with Crippen molar-refractivity contribution in [1.82, 2.24) is 24.9 Å². The summed E-state index contributed by atoms with van der Waals surface area (Å²) in [7, 11) is 0. The molecule has 0 spiro atoms. The highest BCUT2D eigenvalue weighted by molar-refractivity contribution is 5.94. The summed E-state index contributed by atoms with van der Waals surface area (Å²) in [5, 5.41) is 12.0. The van der Waals surface area contributed by atoms with Gasteiger partial charge in [-0.3, -0.25) is 9.48 Å². The predicted molar refractivity (Wildman–Crippen MR) is 133 cm³/mol. The van der Waals surface area contributed by atoms with Crippen molar-refractivity contribution in [2.45, 2.75) is 40.8 Å². The summed E-state index contributed by atoms with van der Waals surface area (Å²) in [5.74, 6) is -0.569. The van der Waals surface area contributed by atoms with Crippen LogP contribution in [0.4, 0.5) is 0 Å². The number of nitrogens with one attached hydrogen (secondary N) is 1. The van der Waals surface area contributed by atoms with Crippen LogP contribution < -0.4 is 5.32 Å². The molecule has 1 amide bonds. The summed E-state index contributed by atoms with van der Waals surface area (Å²) >= 11 is 0. The summed E-state index contributed by atoms with van der Waals surface area (Å²) in [5.41, 5.74) is 6.53. The molecule has 8 nitrogen and oxygen atoms in total. The van der Waals surface area contributed by atoms with Gasteiger partial charge in [-0.2, -0.15) is 10.2 Å². The van der Waals surface area contributed by atoms with E-state index in [0.29, 0.717) is 36.5 Å². The SMILES string of the molecule is CCOC(=O)c1cnn(-c2ccc(C(=O)NCc3c(C)nn(Cc4ccccc4)c3C)cc2)c1C. The minimum Gasteiger partial charge on any atom is -0.462 e. The van der Waals surface area contributed by atoms with Gasteiger partial charge in [0, 0.05) is 23.4 Å². The molecule has 4 rings (SSSR count). The molecule has 0 bridgehead atoms. The van der Waals surface area contributed by atoms with Gasteiger partial charge in [0.05, 0.1) is 36.4 Å². The maximum absolute atomic E-state index is 12.8. The Labute approximate surface area is 204 Å². The molecule has 4 aromatic rings. The van der Waals surface area contributed by atoms with E-state index >= 15 is 0 Å². The fourth-order valence-electron chi connectivity index (χ4n) is 4.00. The number of ether oxygens (including phenoxy) is 1. The Balaban J connectivity index is 1.42. The molecule has 0 aliphatic rings. The Kier molecular flexibility index (Phi) is 7.10. The zero-order valence-electron chi connectivity index (χ0n) is 20.4. The number of esters is 1. The fraction of sp³-hybridized carbons (Fsp3) is 0.259. The molecular formula is C27H29N5O3. The third-order valence-electron chi connectivity index (χ3n) is 6.01. The number of rotatable bonds is 8. The van der Waals surface area contributed by atoms with Crippen LogP contribution in [0.1, 0.15) is 55.8 Å². The summed E-state index contributed by atoms with van der Waals surface area (Å²) in [6.07, 6.45) is 1.50. The second-order valence-electron chi connectivity index (χ2n) is 8.30. The van der Waals surface area contributed by atoms with Crippen LogP contribution in [-0.2, 0) is 17.8 Å². The van der Waals surface area contributed by atoms with Crippen LogP contribution in [0, 0.1) is 20.8 Å². The number of aromatic nitrogens is 4. The van der Waals surface area contributed by atoms with Crippen LogP contribution in [0.3, 0.4) is 0 Å². The quantitative estimate of drug-likeness (QED) is 0.390. The van der Waals surface area contributed by atoms with E-state index in [-0.39, 0.29) is 5.91 Å². The Morgan fingerprint density at radius 2 is 1.69 bits per heavy atom. The lowest BCUT2D eigenvalue weighted by molar-refractivity contribution is 0.0525. The molecule has 0 saturated carbocycles. The van der Waals surface area contributed by atoms with E-state index in [0.717, 1.165) is 22.6 Å². The second kappa shape index (κ2) is 10.4. The molecule has 0 fully saturated rings. The number of carbonyl (C=O) groups is 2. The highest BCUT2D eigenvalue weighted by atomic mass is 16.5. The van der Waals surface area contributed by atoms with E-state index in [1.165, 1.54) is 11.8 Å². The van der Waals surface area contributed by atoms with E-state index in [9.17, 15) is 9.59 Å². The van der Waals surface area contributed by atoms with Crippen molar-refractivity contribution in [2.24, 2.45) is 0 Å². The van der Waals surface area contributed by atoms with E-state index < -0.39 is 5.97 Å². The number of hydrogen-bond donors (Lipinski definition) is 1. The van der Waals surface area contributed by atoms with Gasteiger partial charge >= 0.3 is 5.97 Å². The van der Waals surface area contributed by atoms with Crippen molar-refractivity contribution < 1.29 is 14.3 Å². The average Bonchev–Trinajstić information content (AvgIpc) is 3.37. The molecule has 0 saturated heterocycles. The van der Waals surface area contributed by atoms with Gasteiger partial charge in [0.2, 0.25) is 0 Å². The van der Waals surface area contributed by atoms with Crippen molar-refractivity contribution in [3.63, 3.8) is 0 Å². The number of aryl methyl sites for hydroxylation is 1. The summed E-state index contributed by atoms with van der Waals surface area (Å²) in [6, 6.07) is 17.3. The number of amides is 1. The standard InChI is InChI=1S/C27H29N5O3/c1-5-35-27(34)25-16-29-32(20(25)4)23-13-11-22(12-14-23)26(33)28-15-24-18(2)30-31(19(24)3)17-21-9-7-6-8-10-21/h6-14,16H,5,15,17H2,1-4H3,(H,28,33). The van der Waals surface area contributed by atoms with Crippen LogP contribution >= 0.6 is 0 Å². The molecular weight excluding hydrogens is 442 g/mol. The van der Waals surface area contributed by atoms with Crippen molar-refractivity contribution >= 4 is 11.9 Å². The van der Waals surface area contributed by atoms with Gasteiger partial charge in [-0.1, -0.05) is 30.3 Å². The van der Waals surface area contributed by atoms with Crippen molar-refractivity contribution in [2.75, 3.05) is 6.61 Å². The van der Waals surface area contributed by atoms with Gasteiger partial charge in [0.15, 0.2) is 0 Å². The lowest BCUT2D eigenvalue weighted by Gasteiger charge is -2.09. The van der Waals surface area contributed by atoms with Crippen molar-refractivity contribution in [3.05, 3.63) is 100 Å². The smallest absolute Gasteiger partial charge is 0.341 e. The van der Waals surface area contributed by atoms with E-state index in [2.05, 4.69) is 27.6 Å².